The van der Waals surface area contributed by atoms with Crippen molar-refractivity contribution in [1.29, 1.82) is 0 Å². The van der Waals surface area contributed by atoms with Gasteiger partial charge in [0, 0.05) is 0 Å². The Kier molecular flexibility index (Phi) is 9.59. The van der Waals surface area contributed by atoms with Gasteiger partial charge in [-0.1, -0.05) is 26.7 Å². The van der Waals surface area contributed by atoms with Gasteiger partial charge in [0.2, 0.25) is 0 Å². The molecule has 1 radical (unpaired) electrons. The first-order valence-corrected chi connectivity index (χ1v) is 5.97. The van der Waals surface area contributed by atoms with Crippen molar-refractivity contribution in [2.75, 3.05) is 13.2 Å². The molecule has 15 heavy (non-hydrogen) atoms. The Morgan fingerprint density at radius 1 is 1.20 bits per heavy atom. The van der Waals surface area contributed by atoms with Gasteiger partial charge in [-0.2, -0.15) is 0 Å². The summed E-state index contributed by atoms with van der Waals surface area (Å²) in [4.78, 5) is 11.4. The maximum Gasteiger partial charge on any atom is 0.308 e. The van der Waals surface area contributed by atoms with Crippen LogP contribution in [-0.4, -0.2) is 19.2 Å². The summed E-state index contributed by atoms with van der Waals surface area (Å²) in [6.07, 6.45) is 5.46. The molecule has 0 amide bonds. The highest BCUT2D eigenvalue weighted by atomic mass is 16.5. The van der Waals surface area contributed by atoms with Crippen LogP contribution in [0, 0.1) is 5.92 Å². The van der Waals surface area contributed by atoms with Crippen LogP contribution in [0.3, 0.4) is 0 Å². The molecule has 0 aromatic rings. The summed E-state index contributed by atoms with van der Waals surface area (Å²) in [6.45, 7) is 4.47. The van der Waals surface area contributed by atoms with Gasteiger partial charge in [-0.15, -0.1) is 0 Å². The molecule has 0 rings (SSSR count). The van der Waals surface area contributed by atoms with Crippen molar-refractivity contribution < 1.29 is 14.6 Å². The highest BCUT2D eigenvalue weighted by molar-refractivity contribution is 5.71. The van der Waals surface area contributed by atoms with Crippen LogP contribution in [0.2, 0.25) is 0 Å². The minimum absolute atomic E-state index is 0.0180. The molecule has 0 bridgehead atoms. The zero-order chi connectivity index (χ0) is 11.5. The Bertz CT molecular complexity index is 157. The van der Waals surface area contributed by atoms with Gasteiger partial charge < -0.3 is 4.74 Å². The van der Waals surface area contributed by atoms with Crippen molar-refractivity contribution in [3.63, 3.8) is 0 Å². The van der Waals surface area contributed by atoms with E-state index in [2.05, 4.69) is 6.92 Å². The zero-order valence-corrected chi connectivity index (χ0v) is 9.96. The highest BCUT2D eigenvalue weighted by Crippen LogP contribution is 2.09. The third-order valence-corrected chi connectivity index (χ3v) is 2.43. The van der Waals surface area contributed by atoms with Crippen molar-refractivity contribution in [3.8, 4) is 0 Å². The third kappa shape index (κ3) is 8.43. The molecule has 0 aromatic heterocycles. The second-order valence-electron chi connectivity index (χ2n) is 3.98. The number of hydrogen-bond acceptors (Lipinski definition) is 2. The van der Waals surface area contributed by atoms with Crippen molar-refractivity contribution in [3.05, 3.63) is 0 Å². The minimum atomic E-state index is -0.0921. The topological polar surface area (TPSA) is 46.2 Å². The second kappa shape index (κ2) is 9.97. The summed E-state index contributed by atoms with van der Waals surface area (Å²) >= 11 is 0. The SMILES string of the molecule is CCCCC(C)C(=O)OCCCCC[O]. The number of esters is 1. The van der Waals surface area contributed by atoms with Crippen LogP contribution in [0.5, 0.6) is 0 Å². The Balaban J connectivity index is 3.38. The van der Waals surface area contributed by atoms with E-state index in [1.165, 1.54) is 0 Å². The molecule has 0 aliphatic rings. The predicted octanol–water partition coefficient (Wildman–Crippen LogP) is 2.96. The van der Waals surface area contributed by atoms with Gasteiger partial charge in [-0.05, 0) is 25.7 Å². The van der Waals surface area contributed by atoms with E-state index in [9.17, 15) is 9.90 Å². The van der Waals surface area contributed by atoms with Crippen molar-refractivity contribution in [1.82, 2.24) is 0 Å². The summed E-state index contributed by atoms with van der Waals surface area (Å²) < 4.78 is 5.11. The van der Waals surface area contributed by atoms with Gasteiger partial charge in [0.1, 0.15) is 0 Å². The van der Waals surface area contributed by atoms with Crippen LogP contribution in [-0.2, 0) is 14.6 Å². The standard InChI is InChI=1S/C12H23O3/c1-3-4-8-11(2)12(14)15-10-7-5-6-9-13/h11H,3-10H2,1-2H3. The van der Waals surface area contributed by atoms with Gasteiger partial charge in [0.15, 0.2) is 0 Å². The number of carbonyl (C=O) groups excluding carboxylic acids is 1. The van der Waals surface area contributed by atoms with Gasteiger partial charge in [0.25, 0.3) is 0 Å². The lowest BCUT2D eigenvalue weighted by molar-refractivity contribution is -0.148. The quantitative estimate of drug-likeness (QED) is 0.438. The van der Waals surface area contributed by atoms with Crippen LogP contribution in [0.25, 0.3) is 0 Å². The Labute approximate surface area is 92.8 Å². The number of rotatable bonds is 9. The molecule has 1 atom stereocenters. The first-order valence-electron chi connectivity index (χ1n) is 5.97. The largest absolute Gasteiger partial charge is 0.465 e. The van der Waals surface area contributed by atoms with Crippen LogP contribution in [0.4, 0.5) is 0 Å². The van der Waals surface area contributed by atoms with E-state index >= 15 is 0 Å². The van der Waals surface area contributed by atoms with E-state index in [1.54, 1.807) is 0 Å². The molecular weight excluding hydrogens is 192 g/mol. The normalized spacial score (nSPS) is 12.5. The summed E-state index contributed by atoms with van der Waals surface area (Å²) in [5.74, 6) is -0.0740. The fraction of sp³-hybridized carbons (Fsp3) is 0.917. The number of hydrogen-bond donors (Lipinski definition) is 0. The van der Waals surface area contributed by atoms with Gasteiger partial charge in [-0.3, -0.25) is 4.79 Å². The molecule has 0 saturated carbocycles. The molecule has 0 fully saturated rings. The van der Waals surface area contributed by atoms with E-state index in [-0.39, 0.29) is 18.5 Å². The molecule has 0 aliphatic carbocycles. The fourth-order valence-corrected chi connectivity index (χ4v) is 1.32. The molecular formula is C12H23O3. The summed E-state index contributed by atoms with van der Waals surface area (Å²) in [7, 11) is 0. The molecule has 1 unspecified atom stereocenters. The lowest BCUT2D eigenvalue weighted by Crippen LogP contribution is -2.15. The fourth-order valence-electron chi connectivity index (χ4n) is 1.32. The van der Waals surface area contributed by atoms with Crippen LogP contribution in [0.15, 0.2) is 0 Å². The third-order valence-electron chi connectivity index (χ3n) is 2.43. The molecule has 0 aromatic carbocycles. The average Bonchev–Trinajstić information content (AvgIpc) is 2.25. The Morgan fingerprint density at radius 2 is 1.93 bits per heavy atom. The first kappa shape index (κ1) is 14.4. The molecule has 0 heterocycles. The molecule has 0 N–H and O–H groups in total. The summed E-state index contributed by atoms with van der Waals surface area (Å²) in [5, 5.41) is 10.1. The smallest absolute Gasteiger partial charge is 0.308 e. The molecule has 0 aliphatic heterocycles. The Hall–Kier alpha value is -0.570. The molecule has 0 saturated heterocycles. The van der Waals surface area contributed by atoms with E-state index in [1.807, 2.05) is 6.92 Å². The van der Waals surface area contributed by atoms with E-state index < -0.39 is 0 Å². The number of unbranched alkanes of at least 4 members (excludes halogenated alkanes) is 3. The number of carbonyl (C=O) groups is 1. The van der Waals surface area contributed by atoms with Gasteiger partial charge >= 0.3 is 5.97 Å². The lowest BCUT2D eigenvalue weighted by atomic mass is 10.1. The zero-order valence-electron chi connectivity index (χ0n) is 9.96. The maximum absolute atomic E-state index is 11.4. The van der Waals surface area contributed by atoms with Crippen LogP contribution < -0.4 is 0 Å². The first-order chi connectivity index (χ1) is 7.22. The van der Waals surface area contributed by atoms with Crippen LogP contribution >= 0.6 is 0 Å². The van der Waals surface area contributed by atoms with E-state index in [4.69, 9.17) is 4.74 Å². The minimum Gasteiger partial charge on any atom is -0.465 e. The average molecular weight is 215 g/mol. The van der Waals surface area contributed by atoms with Crippen LogP contribution in [0.1, 0.15) is 52.4 Å². The lowest BCUT2D eigenvalue weighted by Gasteiger charge is -2.10. The molecule has 3 nitrogen and oxygen atoms in total. The van der Waals surface area contributed by atoms with Crippen molar-refractivity contribution >= 4 is 5.97 Å². The molecule has 3 heteroatoms. The second-order valence-corrected chi connectivity index (χ2v) is 3.98. The van der Waals surface area contributed by atoms with E-state index in [0.717, 1.165) is 32.1 Å². The van der Waals surface area contributed by atoms with Gasteiger partial charge in [0.05, 0.1) is 19.1 Å². The predicted molar refractivity (Wildman–Crippen MR) is 59.1 cm³/mol. The maximum atomic E-state index is 11.4. The van der Waals surface area contributed by atoms with Gasteiger partial charge in [-0.25, -0.2) is 5.11 Å². The van der Waals surface area contributed by atoms with Crippen molar-refractivity contribution in [2.24, 2.45) is 5.92 Å². The monoisotopic (exact) mass is 215 g/mol. The molecule has 89 valence electrons. The Morgan fingerprint density at radius 3 is 2.53 bits per heavy atom. The summed E-state index contributed by atoms with van der Waals surface area (Å²) in [6, 6.07) is 0. The summed E-state index contributed by atoms with van der Waals surface area (Å²) in [5.41, 5.74) is 0. The van der Waals surface area contributed by atoms with E-state index in [0.29, 0.717) is 13.0 Å². The van der Waals surface area contributed by atoms with Crippen molar-refractivity contribution in [2.45, 2.75) is 52.4 Å². The number of ether oxygens (including phenoxy) is 1. The molecule has 0 spiro atoms. The highest BCUT2D eigenvalue weighted by Gasteiger charge is 2.12.